The minimum Gasteiger partial charge on any atom is -0.321 e. The van der Waals surface area contributed by atoms with Gasteiger partial charge in [-0.1, -0.05) is 19.1 Å². The van der Waals surface area contributed by atoms with Crippen molar-refractivity contribution in [3.05, 3.63) is 65.1 Å². The van der Waals surface area contributed by atoms with Crippen LogP contribution in [0.4, 0.5) is 5.69 Å². The predicted molar refractivity (Wildman–Crippen MR) is 88.4 cm³/mol. The van der Waals surface area contributed by atoms with Crippen LogP contribution in [0.15, 0.2) is 42.6 Å². The Bertz CT molecular complexity index is 828. The van der Waals surface area contributed by atoms with Gasteiger partial charge in [0.05, 0.1) is 5.69 Å². The summed E-state index contributed by atoms with van der Waals surface area (Å²) in [4.78, 5) is 17.3. The van der Waals surface area contributed by atoms with E-state index in [4.69, 9.17) is 0 Å². The van der Waals surface area contributed by atoms with Crippen molar-refractivity contribution in [3.63, 3.8) is 0 Å². The van der Waals surface area contributed by atoms with Crippen LogP contribution in [-0.4, -0.2) is 15.3 Å². The molecule has 0 bridgehead atoms. The van der Waals surface area contributed by atoms with Crippen LogP contribution >= 0.6 is 0 Å². The van der Waals surface area contributed by atoms with Crippen molar-refractivity contribution in [2.75, 3.05) is 5.32 Å². The van der Waals surface area contributed by atoms with Gasteiger partial charge in [0.1, 0.15) is 11.3 Å². The highest BCUT2D eigenvalue weighted by Gasteiger charge is 2.18. The average Bonchev–Trinajstić information content (AvgIpc) is 2.84. The Kier molecular flexibility index (Phi) is 3.67. The number of benzene rings is 1. The number of rotatable bonds is 3. The van der Waals surface area contributed by atoms with Crippen molar-refractivity contribution >= 4 is 17.2 Å². The third-order valence-corrected chi connectivity index (χ3v) is 3.63. The zero-order chi connectivity index (χ0) is 15.7. The van der Waals surface area contributed by atoms with E-state index in [1.54, 1.807) is 0 Å². The number of carbonyl (C=O) groups is 1. The molecule has 4 nitrogen and oxygen atoms in total. The lowest BCUT2D eigenvalue weighted by molar-refractivity contribution is 0.102. The van der Waals surface area contributed by atoms with Crippen molar-refractivity contribution in [2.24, 2.45) is 0 Å². The number of aromatic nitrogens is 2. The number of hydrogen-bond donors (Lipinski definition) is 1. The van der Waals surface area contributed by atoms with E-state index in [-0.39, 0.29) is 5.91 Å². The van der Waals surface area contributed by atoms with Gasteiger partial charge in [-0.05, 0) is 55.7 Å². The Morgan fingerprint density at radius 1 is 1.18 bits per heavy atom. The highest BCUT2D eigenvalue weighted by Crippen LogP contribution is 2.18. The molecule has 0 aliphatic heterocycles. The van der Waals surface area contributed by atoms with E-state index in [0.29, 0.717) is 5.69 Å². The maximum Gasteiger partial charge on any atom is 0.274 e. The number of nitrogens with one attached hydrogen (secondary N) is 1. The van der Waals surface area contributed by atoms with E-state index >= 15 is 0 Å². The fraction of sp³-hybridized carbons (Fsp3) is 0.222. The van der Waals surface area contributed by atoms with E-state index < -0.39 is 0 Å². The molecule has 0 atom stereocenters. The van der Waals surface area contributed by atoms with Gasteiger partial charge >= 0.3 is 0 Å². The Labute approximate surface area is 129 Å². The summed E-state index contributed by atoms with van der Waals surface area (Å²) < 4.78 is 1.84. The smallest absolute Gasteiger partial charge is 0.274 e. The SMILES string of the molecule is CCc1nc2ccccn2c1C(=O)Nc1cc(C)cc(C)c1. The summed E-state index contributed by atoms with van der Waals surface area (Å²) in [6, 6.07) is 11.8. The molecule has 0 aliphatic carbocycles. The third-order valence-electron chi connectivity index (χ3n) is 3.63. The van der Waals surface area contributed by atoms with Gasteiger partial charge < -0.3 is 5.32 Å². The summed E-state index contributed by atoms with van der Waals surface area (Å²) in [7, 11) is 0. The van der Waals surface area contributed by atoms with Gasteiger partial charge in [-0.3, -0.25) is 9.20 Å². The quantitative estimate of drug-likeness (QED) is 0.799. The number of imidazole rings is 1. The van der Waals surface area contributed by atoms with Crippen molar-refractivity contribution < 1.29 is 4.79 Å². The number of fused-ring (bicyclic) bond motifs is 1. The molecule has 0 unspecified atom stereocenters. The Hall–Kier alpha value is -2.62. The number of amides is 1. The summed E-state index contributed by atoms with van der Waals surface area (Å²) in [6.45, 7) is 6.05. The lowest BCUT2D eigenvalue weighted by Gasteiger charge is -2.08. The topological polar surface area (TPSA) is 46.4 Å². The lowest BCUT2D eigenvalue weighted by Crippen LogP contribution is -2.16. The maximum atomic E-state index is 12.7. The predicted octanol–water partition coefficient (Wildman–Crippen LogP) is 3.77. The molecular weight excluding hydrogens is 274 g/mol. The first-order valence-electron chi connectivity index (χ1n) is 7.44. The molecule has 112 valence electrons. The standard InChI is InChI=1S/C18H19N3O/c1-4-15-17(21-8-6-5-7-16(21)20-15)18(22)19-14-10-12(2)9-13(3)11-14/h5-11H,4H2,1-3H3,(H,19,22). The number of hydrogen-bond acceptors (Lipinski definition) is 2. The zero-order valence-corrected chi connectivity index (χ0v) is 13.1. The molecule has 0 saturated heterocycles. The Morgan fingerprint density at radius 3 is 2.59 bits per heavy atom. The van der Waals surface area contributed by atoms with Crippen LogP contribution in [0.1, 0.15) is 34.2 Å². The summed E-state index contributed by atoms with van der Waals surface area (Å²) in [5.74, 6) is -0.124. The van der Waals surface area contributed by atoms with Gasteiger partial charge in [0, 0.05) is 11.9 Å². The second-order valence-electron chi connectivity index (χ2n) is 5.52. The summed E-state index contributed by atoms with van der Waals surface area (Å²) in [6.07, 6.45) is 2.59. The Morgan fingerprint density at radius 2 is 1.91 bits per heavy atom. The normalized spacial score (nSPS) is 10.9. The summed E-state index contributed by atoms with van der Waals surface area (Å²) >= 11 is 0. The third kappa shape index (κ3) is 2.60. The van der Waals surface area contributed by atoms with Crippen LogP contribution in [0.2, 0.25) is 0 Å². The number of pyridine rings is 1. The van der Waals surface area contributed by atoms with E-state index in [0.717, 1.165) is 34.6 Å². The van der Waals surface area contributed by atoms with Gasteiger partial charge in [-0.15, -0.1) is 0 Å². The summed E-state index contributed by atoms with van der Waals surface area (Å²) in [5.41, 5.74) is 5.29. The first-order chi connectivity index (χ1) is 10.6. The van der Waals surface area contributed by atoms with Gasteiger partial charge in [0.2, 0.25) is 0 Å². The molecule has 1 N–H and O–H groups in total. The van der Waals surface area contributed by atoms with Crippen LogP contribution in [0.25, 0.3) is 5.65 Å². The van der Waals surface area contributed by atoms with Gasteiger partial charge in [0.15, 0.2) is 0 Å². The highest BCUT2D eigenvalue weighted by atomic mass is 16.2. The molecular formula is C18H19N3O. The number of aryl methyl sites for hydroxylation is 3. The lowest BCUT2D eigenvalue weighted by atomic mass is 10.1. The van der Waals surface area contributed by atoms with Crippen molar-refractivity contribution in [2.45, 2.75) is 27.2 Å². The Balaban J connectivity index is 2.01. The van der Waals surface area contributed by atoms with Crippen LogP contribution in [0, 0.1) is 13.8 Å². The maximum absolute atomic E-state index is 12.7. The minimum atomic E-state index is -0.124. The first-order valence-corrected chi connectivity index (χ1v) is 7.44. The molecule has 0 radical (unpaired) electrons. The fourth-order valence-electron chi connectivity index (χ4n) is 2.77. The summed E-state index contributed by atoms with van der Waals surface area (Å²) in [5, 5.41) is 2.99. The van der Waals surface area contributed by atoms with Gasteiger partial charge in [0.25, 0.3) is 5.91 Å². The molecule has 1 amide bonds. The van der Waals surface area contributed by atoms with E-state index in [9.17, 15) is 4.79 Å². The van der Waals surface area contributed by atoms with Crippen molar-refractivity contribution in [3.8, 4) is 0 Å². The molecule has 0 spiro atoms. The minimum absolute atomic E-state index is 0.124. The fourth-order valence-corrected chi connectivity index (χ4v) is 2.77. The highest BCUT2D eigenvalue weighted by molar-refractivity contribution is 6.04. The molecule has 4 heteroatoms. The number of anilines is 1. The molecule has 0 aliphatic rings. The number of carbonyl (C=O) groups excluding carboxylic acids is 1. The average molecular weight is 293 g/mol. The molecule has 3 rings (SSSR count). The molecule has 0 saturated carbocycles. The molecule has 2 aromatic heterocycles. The second-order valence-corrected chi connectivity index (χ2v) is 5.52. The monoisotopic (exact) mass is 293 g/mol. The molecule has 22 heavy (non-hydrogen) atoms. The number of nitrogens with zero attached hydrogens (tertiary/aromatic N) is 2. The first kappa shape index (κ1) is 14.3. The van der Waals surface area contributed by atoms with Crippen LogP contribution in [0.3, 0.4) is 0 Å². The van der Waals surface area contributed by atoms with E-state index in [2.05, 4.69) is 16.4 Å². The van der Waals surface area contributed by atoms with Crippen LogP contribution in [-0.2, 0) is 6.42 Å². The van der Waals surface area contributed by atoms with E-state index in [1.165, 1.54) is 0 Å². The van der Waals surface area contributed by atoms with Gasteiger partial charge in [-0.25, -0.2) is 4.98 Å². The van der Waals surface area contributed by atoms with Crippen molar-refractivity contribution in [1.29, 1.82) is 0 Å². The van der Waals surface area contributed by atoms with Gasteiger partial charge in [-0.2, -0.15) is 0 Å². The van der Waals surface area contributed by atoms with E-state index in [1.807, 2.05) is 61.7 Å². The largest absolute Gasteiger partial charge is 0.321 e. The molecule has 3 aromatic rings. The molecule has 0 fully saturated rings. The second kappa shape index (κ2) is 5.64. The molecule has 2 heterocycles. The van der Waals surface area contributed by atoms with Crippen molar-refractivity contribution in [1.82, 2.24) is 9.38 Å². The zero-order valence-electron chi connectivity index (χ0n) is 13.1. The molecule has 1 aromatic carbocycles. The van der Waals surface area contributed by atoms with Crippen LogP contribution < -0.4 is 5.32 Å². The van der Waals surface area contributed by atoms with Crippen LogP contribution in [0.5, 0.6) is 0 Å².